The summed E-state index contributed by atoms with van der Waals surface area (Å²) >= 11 is 0. The van der Waals surface area contributed by atoms with E-state index in [4.69, 9.17) is 17.7 Å². The Hall–Kier alpha value is 0.274. The van der Waals surface area contributed by atoms with Gasteiger partial charge in [-0.25, -0.2) is 0 Å². The summed E-state index contributed by atoms with van der Waals surface area (Å²) in [5, 5.41) is 0. The predicted octanol–water partition coefficient (Wildman–Crippen LogP) is 7.17. The fraction of sp³-hybridized carbons (Fsp3) is 1.00. The lowest BCUT2D eigenvalue weighted by Crippen LogP contribution is -2.47. The van der Waals surface area contributed by atoms with Gasteiger partial charge in [0.2, 0.25) is 0 Å². The molecule has 0 aliphatic rings. The Morgan fingerprint density at radius 1 is 0.464 bits per heavy atom. The summed E-state index contributed by atoms with van der Waals surface area (Å²) in [6.07, 6.45) is 5.39. The van der Waals surface area contributed by atoms with Crippen molar-refractivity contribution in [1.82, 2.24) is 0 Å². The molecule has 28 heavy (non-hydrogen) atoms. The molecule has 0 aromatic carbocycles. The first kappa shape index (κ1) is 28.3. The molecule has 0 rings (SSSR count). The van der Waals surface area contributed by atoms with Crippen LogP contribution in [-0.4, -0.2) is 41.5 Å². The maximum atomic E-state index is 6.46. The highest BCUT2D eigenvalue weighted by atomic mass is 28.4. The van der Waals surface area contributed by atoms with Gasteiger partial charge in [0.25, 0.3) is 0 Å². The molecule has 0 fully saturated rings. The average Bonchev–Trinajstić information content (AvgIpc) is 2.49. The third kappa shape index (κ3) is 12.1. The van der Waals surface area contributed by atoms with E-state index in [1.165, 1.54) is 0 Å². The molecule has 0 saturated carbocycles. The van der Waals surface area contributed by atoms with Crippen molar-refractivity contribution < 1.29 is 17.7 Å². The Kier molecular flexibility index (Phi) is 14.4. The van der Waals surface area contributed by atoms with Gasteiger partial charge in [0.1, 0.15) is 0 Å². The topological polar surface area (TPSA) is 36.9 Å². The second kappa shape index (κ2) is 14.3. The maximum Gasteiger partial charge on any atom is 0.338 e. The SMILES string of the molecule is CCC[Si](CCCC[Si](CCC)(OC(C)C)OC(C)C)(OC(C)C)OC(C)C. The van der Waals surface area contributed by atoms with Crippen LogP contribution in [0.1, 0.15) is 94.9 Å². The van der Waals surface area contributed by atoms with Crippen molar-refractivity contribution >= 4 is 17.1 Å². The van der Waals surface area contributed by atoms with Crippen LogP contribution >= 0.6 is 0 Å². The number of rotatable bonds is 17. The molecule has 0 unspecified atom stereocenters. The van der Waals surface area contributed by atoms with E-state index in [9.17, 15) is 0 Å². The average molecular weight is 435 g/mol. The molecule has 0 atom stereocenters. The number of hydrogen-bond donors (Lipinski definition) is 0. The molecule has 0 saturated heterocycles. The third-order valence-electron chi connectivity index (χ3n) is 4.43. The Labute approximate surface area is 178 Å². The van der Waals surface area contributed by atoms with Crippen LogP contribution in [0.2, 0.25) is 24.2 Å². The first-order chi connectivity index (χ1) is 13.0. The van der Waals surface area contributed by atoms with Crippen molar-refractivity contribution in [2.45, 2.75) is 144 Å². The largest absolute Gasteiger partial charge is 0.392 e. The normalized spacial score (nSPS) is 13.5. The van der Waals surface area contributed by atoms with Crippen molar-refractivity contribution in [2.75, 3.05) is 0 Å². The summed E-state index contributed by atoms with van der Waals surface area (Å²) in [4.78, 5) is 0. The minimum Gasteiger partial charge on any atom is -0.392 e. The molecule has 0 radical (unpaired) electrons. The first-order valence-corrected chi connectivity index (χ1v) is 16.2. The van der Waals surface area contributed by atoms with E-state index in [0.29, 0.717) is 0 Å². The van der Waals surface area contributed by atoms with Gasteiger partial charge in [0, 0.05) is 24.4 Å². The molecule has 0 bridgehead atoms. The summed E-state index contributed by atoms with van der Waals surface area (Å²) in [6, 6.07) is 4.28. The van der Waals surface area contributed by atoms with Gasteiger partial charge >= 0.3 is 17.1 Å². The highest BCUT2D eigenvalue weighted by Gasteiger charge is 2.41. The van der Waals surface area contributed by atoms with Gasteiger partial charge in [-0.1, -0.05) is 39.5 Å². The minimum absolute atomic E-state index is 0.221. The Bertz CT molecular complexity index is 331. The lowest BCUT2D eigenvalue weighted by Gasteiger charge is -2.36. The molecule has 0 aliphatic heterocycles. The van der Waals surface area contributed by atoms with Gasteiger partial charge in [-0.2, -0.15) is 0 Å². The molecule has 0 aromatic rings. The molecule has 0 heterocycles. The van der Waals surface area contributed by atoms with E-state index in [2.05, 4.69) is 69.2 Å². The van der Waals surface area contributed by atoms with Crippen molar-refractivity contribution in [3.63, 3.8) is 0 Å². The zero-order chi connectivity index (χ0) is 21.8. The summed E-state index contributed by atoms with van der Waals surface area (Å²) in [7, 11) is -4.33. The van der Waals surface area contributed by atoms with Gasteiger partial charge in [0.15, 0.2) is 0 Å². The van der Waals surface area contributed by atoms with Crippen molar-refractivity contribution in [3.05, 3.63) is 0 Å². The van der Waals surface area contributed by atoms with Gasteiger partial charge in [-0.3, -0.25) is 0 Å². The van der Waals surface area contributed by atoms with Crippen molar-refractivity contribution in [3.8, 4) is 0 Å². The molecule has 4 nitrogen and oxygen atoms in total. The standard InChI is InChI=1S/C22H50O4Si2/c1-11-15-27(23-19(3)4,24-20(5)6)17-13-14-18-28(16-12-2,25-21(7)8)26-22(9)10/h19-22H,11-18H2,1-10H3. The fourth-order valence-corrected chi connectivity index (χ4v) is 12.1. The first-order valence-electron chi connectivity index (χ1n) is 11.7. The Morgan fingerprint density at radius 2 is 0.714 bits per heavy atom. The van der Waals surface area contributed by atoms with E-state index < -0.39 is 17.1 Å². The zero-order valence-electron chi connectivity index (χ0n) is 20.6. The molecule has 170 valence electrons. The zero-order valence-corrected chi connectivity index (χ0v) is 22.6. The molecule has 0 aromatic heterocycles. The van der Waals surface area contributed by atoms with Crippen LogP contribution in [0, 0.1) is 0 Å². The quantitative estimate of drug-likeness (QED) is 0.179. The summed E-state index contributed by atoms with van der Waals surface area (Å²) in [6.45, 7) is 21.5. The molecule has 6 heteroatoms. The van der Waals surface area contributed by atoms with Crippen LogP contribution in [0.3, 0.4) is 0 Å². The third-order valence-corrected chi connectivity index (χ3v) is 12.8. The lowest BCUT2D eigenvalue weighted by atomic mass is 10.4. The molecule has 0 aliphatic carbocycles. The van der Waals surface area contributed by atoms with Crippen LogP contribution in [-0.2, 0) is 17.7 Å². The van der Waals surface area contributed by atoms with E-state index in [1.54, 1.807) is 0 Å². The van der Waals surface area contributed by atoms with Crippen LogP contribution in [0.4, 0.5) is 0 Å². The van der Waals surface area contributed by atoms with Crippen molar-refractivity contribution in [2.24, 2.45) is 0 Å². The van der Waals surface area contributed by atoms with Gasteiger partial charge in [-0.15, -0.1) is 0 Å². The molecule has 0 N–H and O–H groups in total. The lowest BCUT2D eigenvalue weighted by molar-refractivity contribution is 0.0997. The molecule has 0 amide bonds. The van der Waals surface area contributed by atoms with Crippen molar-refractivity contribution in [1.29, 1.82) is 0 Å². The molecular weight excluding hydrogens is 384 g/mol. The van der Waals surface area contributed by atoms with Crippen LogP contribution in [0.15, 0.2) is 0 Å². The molecular formula is C22H50O4Si2. The van der Waals surface area contributed by atoms with Gasteiger partial charge < -0.3 is 17.7 Å². The number of hydrogen-bond acceptors (Lipinski definition) is 4. The second-order valence-electron chi connectivity index (χ2n) is 9.19. The summed E-state index contributed by atoms with van der Waals surface area (Å²) < 4.78 is 25.9. The smallest absolute Gasteiger partial charge is 0.338 e. The maximum absolute atomic E-state index is 6.46. The molecule has 0 spiro atoms. The number of unbranched alkanes of at least 4 members (excludes halogenated alkanes) is 1. The summed E-state index contributed by atoms with van der Waals surface area (Å²) in [5.41, 5.74) is 0. The fourth-order valence-electron chi connectivity index (χ4n) is 4.05. The van der Waals surface area contributed by atoms with Gasteiger partial charge in [-0.05, 0) is 79.6 Å². The Morgan fingerprint density at radius 3 is 0.893 bits per heavy atom. The second-order valence-corrected chi connectivity index (χ2v) is 15.8. The monoisotopic (exact) mass is 434 g/mol. The van der Waals surface area contributed by atoms with E-state index >= 15 is 0 Å². The predicted molar refractivity (Wildman–Crippen MR) is 125 cm³/mol. The van der Waals surface area contributed by atoms with Gasteiger partial charge in [0.05, 0.1) is 0 Å². The van der Waals surface area contributed by atoms with Crippen LogP contribution in [0.25, 0.3) is 0 Å². The highest BCUT2D eigenvalue weighted by Crippen LogP contribution is 2.31. The van der Waals surface area contributed by atoms with E-state index in [-0.39, 0.29) is 24.4 Å². The van der Waals surface area contributed by atoms with E-state index in [1.807, 2.05) is 0 Å². The highest BCUT2D eigenvalue weighted by molar-refractivity contribution is 6.68. The van der Waals surface area contributed by atoms with E-state index in [0.717, 1.165) is 49.9 Å². The minimum atomic E-state index is -2.17. The Balaban J connectivity index is 5.09. The van der Waals surface area contributed by atoms with Crippen LogP contribution < -0.4 is 0 Å². The van der Waals surface area contributed by atoms with Crippen LogP contribution in [0.5, 0.6) is 0 Å². The summed E-state index contributed by atoms with van der Waals surface area (Å²) in [5.74, 6) is 0.